The first kappa shape index (κ1) is 23.8. The molecule has 9 heteroatoms. The van der Waals surface area contributed by atoms with E-state index in [-0.39, 0.29) is 11.2 Å². The molecule has 1 fully saturated rings. The van der Waals surface area contributed by atoms with Crippen LogP contribution in [0.4, 0.5) is 0 Å². The van der Waals surface area contributed by atoms with E-state index in [4.69, 9.17) is 21.4 Å². The highest BCUT2D eigenvalue weighted by Crippen LogP contribution is 2.27. The molecule has 180 valence electrons. The summed E-state index contributed by atoms with van der Waals surface area (Å²) in [6, 6.07) is 25.1. The Labute approximate surface area is 217 Å². The Morgan fingerprint density at radius 2 is 1.83 bits per heavy atom. The first-order valence-electron chi connectivity index (χ1n) is 11.2. The second-order valence-corrected chi connectivity index (χ2v) is 9.58. The van der Waals surface area contributed by atoms with Gasteiger partial charge in [-0.2, -0.15) is 10.2 Å². The molecule has 0 bridgehead atoms. The largest absolute Gasteiger partial charge is 0.497 e. The number of carbonyl (C=O) groups excluding carboxylic acids is 1. The van der Waals surface area contributed by atoms with Crippen LogP contribution in [0.3, 0.4) is 0 Å². The number of benzene rings is 3. The summed E-state index contributed by atoms with van der Waals surface area (Å²) in [6.07, 6.45) is 4.07. The second kappa shape index (κ2) is 10.8. The molecule has 2 heterocycles. The van der Waals surface area contributed by atoms with Crippen molar-refractivity contribution in [1.29, 1.82) is 0 Å². The lowest BCUT2D eigenvalue weighted by atomic mass is 10.1. The molecule has 0 aliphatic carbocycles. The number of carbonyl (C=O) groups is 1. The van der Waals surface area contributed by atoms with Crippen LogP contribution < -0.4 is 10.1 Å². The summed E-state index contributed by atoms with van der Waals surface area (Å²) in [6.45, 7) is 0. The SMILES string of the molecule is COc1ccc(-c2nn(-c3ccccc3)cc2/C=N/N=C2\NC(=O)C(Cc3ccccc3Cl)S2)cc1. The van der Waals surface area contributed by atoms with Gasteiger partial charge in [-0.3, -0.25) is 4.79 Å². The summed E-state index contributed by atoms with van der Waals surface area (Å²) in [4.78, 5) is 12.5. The Morgan fingerprint density at radius 3 is 2.58 bits per heavy atom. The number of thioether (sulfide) groups is 1. The third kappa shape index (κ3) is 5.35. The van der Waals surface area contributed by atoms with Crippen LogP contribution in [0.15, 0.2) is 95.3 Å². The van der Waals surface area contributed by atoms with E-state index in [1.165, 1.54) is 11.8 Å². The fraction of sp³-hybridized carbons (Fsp3) is 0.111. The molecular formula is C27H22ClN5O2S. The summed E-state index contributed by atoms with van der Waals surface area (Å²) in [5, 5.41) is 16.9. The van der Waals surface area contributed by atoms with Crippen molar-refractivity contribution < 1.29 is 9.53 Å². The molecule has 1 unspecified atom stereocenters. The number of rotatable bonds is 7. The third-order valence-electron chi connectivity index (χ3n) is 5.61. The highest BCUT2D eigenvalue weighted by molar-refractivity contribution is 8.15. The van der Waals surface area contributed by atoms with E-state index in [1.54, 1.807) is 18.0 Å². The highest BCUT2D eigenvalue weighted by Gasteiger charge is 2.30. The minimum Gasteiger partial charge on any atom is -0.497 e. The number of halogens is 1. The maximum atomic E-state index is 12.5. The number of ether oxygens (including phenoxy) is 1. The average Bonchev–Trinajstić information content (AvgIpc) is 3.49. The van der Waals surface area contributed by atoms with Gasteiger partial charge in [0.2, 0.25) is 5.91 Å². The van der Waals surface area contributed by atoms with Gasteiger partial charge in [-0.05, 0) is 54.4 Å². The molecule has 1 aliphatic heterocycles. The summed E-state index contributed by atoms with van der Waals surface area (Å²) in [5.41, 5.74) is 4.32. The maximum absolute atomic E-state index is 12.5. The molecule has 1 saturated heterocycles. The fourth-order valence-electron chi connectivity index (χ4n) is 3.76. The summed E-state index contributed by atoms with van der Waals surface area (Å²) < 4.78 is 7.08. The van der Waals surface area contributed by atoms with E-state index in [0.717, 1.165) is 33.8 Å². The Bertz CT molecular complexity index is 1430. The number of nitrogens with one attached hydrogen (secondary N) is 1. The second-order valence-electron chi connectivity index (χ2n) is 7.98. The van der Waals surface area contributed by atoms with Gasteiger partial charge in [-0.1, -0.05) is 59.8 Å². The van der Waals surface area contributed by atoms with E-state index in [1.807, 2.05) is 85.1 Å². The van der Waals surface area contributed by atoms with Crippen LogP contribution in [0.1, 0.15) is 11.1 Å². The van der Waals surface area contributed by atoms with E-state index >= 15 is 0 Å². The normalized spacial score (nSPS) is 16.6. The Balaban J connectivity index is 1.38. The lowest BCUT2D eigenvalue weighted by Crippen LogP contribution is -2.26. The molecule has 7 nitrogen and oxygen atoms in total. The fourth-order valence-corrected chi connectivity index (χ4v) is 4.93. The number of hydrogen-bond acceptors (Lipinski definition) is 6. The van der Waals surface area contributed by atoms with Gasteiger partial charge in [0.05, 0.1) is 24.3 Å². The minimum atomic E-state index is -0.311. The smallest absolute Gasteiger partial charge is 0.239 e. The average molecular weight is 516 g/mol. The van der Waals surface area contributed by atoms with E-state index in [2.05, 4.69) is 15.5 Å². The van der Waals surface area contributed by atoms with Gasteiger partial charge in [0.15, 0.2) is 5.17 Å². The van der Waals surface area contributed by atoms with Crippen molar-refractivity contribution in [1.82, 2.24) is 15.1 Å². The zero-order valence-electron chi connectivity index (χ0n) is 19.3. The van der Waals surface area contributed by atoms with Gasteiger partial charge in [0, 0.05) is 22.3 Å². The predicted octanol–water partition coefficient (Wildman–Crippen LogP) is 5.37. The van der Waals surface area contributed by atoms with Crippen molar-refractivity contribution in [2.24, 2.45) is 10.2 Å². The first-order valence-corrected chi connectivity index (χ1v) is 12.5. The number of amidine groups is 1. The Hall–Kier alpha value is -3.88. The Kier molecular flexibility index (Phi) is 7.16. The van der Waals surface area contributed by atoms with Crippen molar-refractivity contribution in [2.45, 2.75) is 11.7 Å². The zero-order valence-corrected chi connectivity index (χ0v) is 20.9. The molecule has 1 atom stereocenters. The molecule has 1 amide bonds. The van der Waals surface area contributed by atoms with Crippen molar-refractivity contribution in [3.63, 3.8) is 0 Å². The predicted molar refractivity (Wildman–Crippen MR) is 145 cm³/mol. The molecule has 1 N–H and O–H groups in total. The van der Waals surface area contributed by atoms with E-state index in [9.17, 15) is 4.79 Å². The standard InChI is InChI=1S/C27H22ClN5O2S/c1-35-22-13-11-18(12-14-22)25-20(17-33(32-25)21-8-3-2-4-9-21)16-29-31-27-30-26(34)24(36-27)15-19-7-5-6-10-23(19)28/h2-14,16-17,24H,15H2,1H3,(H,30,31,34)/b29-16+. The molecule has 3 aromatic carbocycles. The lowest BCUT2D eigenvalue weighted by molar-refractivity contribution is -0.118. The topological polar surface area (TPSA) is 80.9 Å². The maximum Gasteiger partial charge on any atom is 0.239 e. The van der Waals surface area contributed by atoms with E-state index < -0.39 is 0 Å². The lowest BCUT2D eigenvalue weighted by Gasteiger charge is -2.06. The van der Waals surface area contributed by atoms with E-state index in [0.29, 0.717) is 16.6 Å². The number of aromatic nitrogens is 2. The molecule has 0 spiro atoms. The molecule has 0 saturated carbocycles. The van der Waals surface area contributed by atoms with Crippen LogP contribution in [-0.2, 0) is 11.2 Å². The van der Waals surface area contributed by atoms with Gasteiger partial charge in [-0.15, -0.1) is 5.10 Å². The summed E-state index contributed by atoms with van der Waals surface area (Å²) in [5.74, 6) is 0.660. The van der Waals surface area contributed by atoms with Crippen LogP contribution in [0.5, 0.6) is 5.75 Å². The van der Waals surface area contributed by atoms with Crippen molar-refractivity contribution in [2.75, 3.05) is 7.11 Å². The summed E-state index contributed by atoms with van der Waals surface area (Å²) >= 11 is 7.60. The van der Waals surface area contributed by atoms with Crippen LogP contribution in [0, 0.1) is 0 Å². The molecule has 5 rings (SSSR count). The molecule has 0 radical (unpaired) electrons. The van der Waals surface area contributed by atoms with Gasteiger partial charge in [0.1, 0.15) is 11.4 Å². The number of hydrogen-bond donors (Lipinski definition) is 1. The van der Waals surface area contributed by atoms with Crippen LogP contribution >= 0.6 is 23.4 Å². The van der Waals surface area contributed by atoms with Crippen LogP contribution in [0.2, 0.25) is 5.02 Å². The van der Waals surface area contributed by atoms with Crippen molar-refractivity contribution in [3.05, 3.63) is 101 Å². The molecular weight excluding hydrogens is 494 g/mol. The zero-order chi connectivity index (χ0) is 24.9. The number of methoxy groups -OCH3 is 1. The van der Waals surface area contributed by atoms with Gasteiger partial charge < -0.3 is 10.1 Å². The summed E-state index contributed by atoms with van der Waals surface area (Å²) in [7, 11) is 1.63. The van der Waals surface area contributed by atoms with Crippen LogP contribution in [0.25, 0.3) is 16.9 Å². The number of amides is 1. The number of nitrogens with zero attached hydrogens (tertiary/aromatic N) is 4. The Morgan fingerprint density at radius 1 is 1.08 bits per heavy atom. The monoisotopic (exact) mass is 515 g/mol. The minimum absolute atomic E-state index is 0.107. The molecule has 36 heavy (non-hydrogen) atoms. The van der Waals surface area contributed by atoms with Gasteiger partial charge in [0.25, 0.3) is 0 Å². The molecule has 4 aromatic rings. The first-order chi connectivity index (χ1) is 17.6. The van der Waals surface area contributed by atoms with Gasteiger partial charge >= 0.3 is 0 Å². The van der Waals surface area contributed by atoms with Crippen molar-refractivity contribution in [3.8, 4) is 22.7 Å². The van der Waals surface area contributed by atoms with Crippen LogP contribution in [-0.4, -0.2) is 39.4 Å². The highest BCUT2D eigenvalue weighted by atomic mass is 35.5. The molecule has 1 aromatic heterocycles. The van der Waals surface area contributed by atoms with Gasteiger partial charge in [-0.25, -0.2) is 4.68 Å². The third-order valence-corrected chi connectivity index (χ3v) is 7.05. The molecule has 1 aliphatic rings. The van der Waals surface area contributed by atoms with Crippen molar-refractivity contribution >= 4 is 40.7 Å². The number of para-hydroxylation sites is 1. The quantitative estimate of drug-likeness (QED) is 0.265.